The number of nitrogens with zero attached hydrogens (tertiary/aromatic N) is 1. The van der Waals surface area contributed by atoms with Crippen molar-refractivity contribution in [3.05, 3.63) is 28.8 Å². The first-order valence-corrected chi connectivity index (χ1v) is 6.32. The number of anilines is 1. The highest BCUT2D eigenvalue weighted by atomic mass is 35.5. The number of likely N-dealkylation sites (tertiary alicyclic amines) is 1. The van der Waals surface area contributed by atoms with Crippen molar-refractivity contribution < 1.29 is 9.90 Å². The molecule has 0 radical (unpaired) electrons. The van der Waals surface area contributed by atoms with Gasteiger partial charge in [-0.1, -0.05) is 11.6 Å². The lowest BCUT2D eigenvalue weighted by Crippen LogP contribution is -2.26. The number of carboxylic acids is 1. The second kappa shape index (κ2) is 7.24. The number of halogens is 1. The molecule has 18 heavy (non-hydrogen) atoms. The molecule has 1 aromatic rings. The van der Waals surface area contributed by atoms with Crippen LogP contribution in [-0.2, 0) is 4.79 Å². The molecular weight excluding hydrogens is 252 g/mol. The van der Waals surface area contributed by atoms with Gasteiger partial charge in [0.15, 0.2) is 0 Å². The van der Waals surface area contributed by atoms with Crippen LogP contribution in [0.1, 0.15) is 18.4 Å². The second-order valence-corrected chi connectivity index (χ2v) is 4.81. The highest BCUT2D eigenvalue weighted by Gasteiger charge is 2.13. The van der Waals surface area contributed by atoms with Crippen molar-refractivity contribution in [2.45, 2.75) is 19.8 Å². The molecule has 1 aliphatic heterocycles. The van der Waals surface area contributed by atoms with Gasteiger partial charge >= 0.3 is 5.97 Å². The number of carbonyl (C=O) groups is 1. The Morgan fingerprint density at radius 1 is 1.44 bits per heavy atom. The summed E-state index contributed by atoms with van der Waals surface area (Å²) < 4.78 is 0. The van der Waals surface area contributed by atoms with Crippen molar-refractivity contribution in [3.8, 4) is 0 Å². The molecule has 0 atom stereocenters. The summed E-state index contributed by atoms with van der Waals surface area (Å²) in [5, 5.41) is 9.07. The van der Waals surface area contributed by atoms with Gasteiger partial charge in [0.2, 0.25) is 0 Å². The van der Waals surface area contributed by atoms with Gasteiger partial charge in [0, 0.05) is 10.7 Å². The van der Waals surface area contributed by atoms with E-state index in [2.05, 4.69) is 0 Å². The molecule has 100 valence electrons. The van der Waals surface area contributed by atoms with Gasteiger partial charge in [-0.2, -0.15) is 0 Å². The third kappa shape index (κ3) is 5.38. The monoisotopic (exact) mass is 270 g/mol. The lowest BCUT2D eigenvalue weighted by Gasteiger charge is -2.09. The van der Waals surface area contributed by atoms with Gasteiger partial charge in [0.1, 0.15) is 0 Å². The molecule has 0 aromatic heterocycles. The summed E-state index contributed by atoms with van der Waals surface area (Å²) in [5.74, 6) is -0.711. The largest absolute Gasteiger partial charge is 0.480 e. The number of rotatable bonds is 2. The van der Waals surface area contributed by atoms with Gasteiger partial charge in [0.05, 0.1) is 6.54 Å². The van der Waals surface area contributed by atoms with E-state index in [9.17, 15) is 4.79 Å². The molecule has 0 unspecified atom stereocenters. The molecule has 2 rings (SSSR count). The van der Waals surface area contributed by atoms with Crippen molar-refractivity contribution in [3.63, 3.8) is 0 Å². The molecule has 5 heteroatoms. The van der Waals surface area contributed by atoms with Gasteiger partial charge in [-0.25, -0.2) is 0 Å². The van der Waals surface area contributed by atoms with E-state index < -0.39 is 5.97 Å². The third-order valence-electron chi connectivity index (χ3n) is 2.79. The fourth-order valence-corrected chi connectivity index (χ4v) is 2.00. The van der Waals surface area contributed by atoms with E-state index >= 15 is 0 Å². The summed E-state index contributed by atoms with van der Waals surface area (Å²) in [5.41, 5.74) is 7.35. The maximum atomic E-state index is 10.1. The van der Waals surface area contributed by atoms with Crippen LogP contribution in [0.15, 0.2) is 18.2 Å². The molecule has 0 saturated carbocycles. The number of carboxylic acid groups (broad SMARTS) is 1. The van der Waals surface area contributed by atoms with E-state index in [1.54, 1.807) is 12.1 Å². The van der Waals surface area contributed by atoms with E-state index in [-0.39, 0.29) is 6.54 Å². The molecule has 1 saturated heterocycles. The Morgan fingerprint density at radius 3 is 2.50 bits per heavy atom. The van der Waals surface area contributed by atoms with E-state index in [4.69, 9.17) is 22.4 Å². The standard InChI is InChI=1S/C7H8ClN.C6H11NO2/c1-5-4-6(8)2-3-7(5)9;8-6(9)5-7-3-1-2-4-7/h2-4H,9H2,1H3;1-5H2,(H,8,9). The number of benzene rings is 1. The molecule has 0 spiro atoms. The first-order chi connectivity index (χ1) is 8.49. The molecule has 1 heterocycles. The maximum Gasteiger partial charge on any atom is 0.317 e. The molecule has 0 amide bonds. The topological polar surface area (TPSA) is 66.6 Å². The Balaban J connectivity index is 0.000000180. The number of nitrogens with two attached hydrogens (primary N) is 1. The molecule has 1 fully saturated rings. The van der Waals surface area contributed by atoms with Crippen LogP contribution in [0.3, 0.4) is 0 Å². The smallest absolute Gasteiger partial charge is 0.317 e. The minimum Gasteiger partial charge on any atom is -0.480 e. The zero-order chi connectivity index (χ0) is 13.5. The lowest BCUT2D eigenvalue weighted by atomic mass is 10.2. The average Bonchev–Trinajstić information content (AvgIpc) is 2.77. The number of aryl methyl sites for hydroxylation is 1. The normalized spacial score (nSPS) is 15.0. The summed E-state index contributed by atoms with van der Waals surface area (Å²) >= 11 is 5.66. The van der Waals surface area contributed by atoms with E-state index in [1.165, 1.54) is 0 Å². The zero-order valence-corrected chi connectivity index (χ0v) is 11.3. The van der Waals surface area contributed by atoms with E-state index in [0.717, 1.165) is 42.2 Å². The Morgan fingerprint density at radius 2 is 2.06 bits per heavy atom. The van der Waals surface area contributed by atoms with Gasteiger partial charge in [-0.3, -0.25) is 9.69 Å². The predicted molar refractivity (Wildman–Crippen MR) is 73.9 cm³/mol. The Labute approximate surface area is 112 Å². The molecule has 0 aliphatic carbocycles. The van der Waals surface area contributed by atoms with Gasteiger partial charge in [-0.15, -0.1) is 0 Å². The number of aliphatic carboxylic acids is 1. The summed E-state index contributed by atoms with van der Waals surface area (Å²) in [4.78, 5) is 12.1. The summed E-state index contributed by atoms with van der Waals surface area (Å²) in [6, 6.07) is 5.43. The van der Waals surface area contributed by atoms with E-state index in [0.29, 0.717) is 0 Å². The fraction of sp³-hybridized carbons (Fsp3) is 0.462. The number of hydrogen-bond acceptors (Lipinski definition) is 3. The maximum absolute atomic E-state index is 10.1. The number of hydrogen-bond donors (Lipinski definition) is 2. The quantitative estimate of drug-likeness (QED) is 0.810. The van der Waals surface area contributed by atoms with Crippen LogP contribution >= 0.6 is 11.6 Å². The third-order valence-corrected chi connectivity index (χ3v) is 3.02. The molecular formula is C13H19ClN2O2. The molecule has 3 N–H and O–H groups in total. The van der Waals surface area contributed by atoms with Crippen molar-refractivity contribution in [1.82, 2.24) is 4.90 Å². The van der Waals surface area contributed by atoms with Crippen LogP contribution in [0.25, 0.3) is 0 Å². The average molecular weight is 271 g/mol. The highest BCUT2D eigenvalue weighted by Crippen LogP contribution is 2.15. The van der Waals surface area contributed by atoms with Crippen LogP contribution in [0.5, 0.6) is 0 Å². The van der Waals surface area contributed by atoms with Crippen LogP contribution < -0.4 is 5.73 Å². The van der Waals surface area contributed by atoms with Crippen molar-refractivity contribution in [2.24, 2.45) is 0 Å². The Bertz CT molecular complexity index is 404. The molecule has 4 nitrogen and oxygen atoms in total. The molecule has 1 aliphatic rings. The van der Waals surface area contributed by atoms with Gasteiger partial charge in [-0.05, 0) is 56.6 Å². The van der Waals surface area contributed by atoms with Crippen LogP contribution in [-0.4, -0.2) is 35.6 Å². The lowest BCUT2D eigenvalue weighted by molar-refractivity contribution is -0.138. The van der Waals surface area contributed by atoms with Gasteiger partial charge < -0.3 is 10.8 Å². The zero-order valence-electron chi connectivity index (χ0n) is 10.5. The second-order valence-electron chi connectivity index (χ2n) is 4.38. The van der Waals surface area contributed by atoms with Crippen LogP contribution in [0.4, 0.5) is 5.69 Å². The molecule has 1 aromatic carbocycles. The first-order valence-electron chi connectivity index (χ1n) is 5.95. The molecule has 0 bridgehead atoms. The minimum atomic E-state index is -0.711. The van der Waals surface area contributed by atoms with Crippen molar-refractivity contribution in [2.75, 3.05) is 25.4 Å². The highest BCUT2D eigenvalue weighted by molar-refractivity contribution is 6.30. The summed E-state index contributed by atoms with van der Waals surface area (Å²) in [7, 11) is 0. The summed E-state index contributed by atoms with van der Waals surface area (Å²) in [6.07, 6.45) is 2.32. The van der Waals surface area contributed by atoms with Crippen LogP contribution in [0, 0.1) is 6.92 Å². The SMILES string of the molecule is Cc1cc(Cl)ccc1N.O=C(O)CN1CCCC1. The van der Waals surface area contributed by atoms with E-state index in [1.807, 2.05) is 17.9 Å². The predicted octanol–water partition coefficient (Wildman–Crippen LogP) is 2.40. The minimum absolute atomic E-state index is 0.222. The Kier molecular flexibility index (Phi) is 5.95. The fourth-order valence-electron chi connectivity index (χ4n) is 1.77. The summed E-state index contributed by atoms with van der Waals surface area (Å²) in [6.45, 7) is 4.08. The first kappa shape index (κ1) is 14.8. The Hall–Kier alpha value is -1.26. The van der Waals surface area contributed by atoms with Crippen molar-refractivity contribution in [1.29, 1.82) is 0 Å². The van der Waals surface area contributed by atoms with Crippen molar-refractivity contribution >= 4 is 23.3 Å². The van der Waals surface area contributed by atoms with Gasteiger partial charge in [0.25, 0.3) is 0 Å². The number of nitrogen functional groups attached to an aromatic ring is 1. The van der Waals surface area contributed by atoms with Crippen LogP contribution in [0.2, 0.25) is 5.02 Å².